The maximum Gasteiger partial charge on any atom is 0.376 e. The van der Waals surface area contributed by atoms with Crippen molar-refractivity contribution in [2.45, 2.75) is 315 Å². The maximum absolute atomic E-state index is 13.2. The summed E-state index contributed by atoms with van der Waals surface area (Å²) in [7, 11) is 0. The lowest BCUT2D eigenvalue weighted by atomic mass is 10.0. The van der Waals surface area contributed by atoms with Crippen LogP contribution in [0, 0.1) is 0 Å². The summed E-state index contributed by atoms with van der Waals surface area (Å²) in [4.78, 5) is 39.3. The van der Waals surface area contributed by atoms with E-state index in [2.05, 4.69) is 20.8 Å². The van der Waals surface area contributed by atoms with Gasteiger partial charge < -0.3 is 29.5 Å². The lowest BCUT2D eigenvalue weighted by molar-refractivity contribution is -0.460. The Morgan fingerprint density at radius 1 is 0.344 bits per heavy atom. The Bertz CT molecular complexity index is 950. The lowest BCUT2D eigenvalue weighted by Crippen LogP contribution is -2.66. The minimum Gasteiger partial charge on any atom is -0.454 e. The summed E-state index contributed by atoms with van der Waals surface area (Å²) in [6.07, 6.45) is 42.9. The van der Waals surface area contributed by atoms with Crippen LogP contribution in [0.25, 0.3) is 0 Å². The molecule has 61 heavy (non-hydrogen) atoms. The van der Waals surface area contributed by atoms with Crippen LogP contribution in [0.3, 0.4) is 0 Å². The van der Waals surface area contributed by atoms with Crippen molar-refractivity contribution >= 4 is 17.9 Å². The van der Waals surface area contributed by atoms with Gasteiger partial charge in [0.2, 0.25) is 0 Å². The van der Waals surface area contributed by atoms with Crippen LogP contribution in [0.1, 0.15) is 297 Å². The Labute approximate surface area is 376 Å². The molecule has 0 bridgehead atoms. The fourth-order valence-electron chi connectivity index (χ4n) is 8.23. The van der Waals surface area contributed by atoms with Crippen molar-refractivity contribution in [3.8, 4) is 0 Å². The lowest BCUT2D eigenvalue weighted by Gasteiger charge is -2.41. The number of unbranched alkanes of at least 4 members (excludes halogenated alkanes) is 36. The van der Waals surface area contributed by atoms with Gasteiger partial charge in [0.1, 0.15) is 0 Å². The highest BCUT2D eigenvalue weighted by Crippen LogP contribution is 2.33. The Hall–Kier alpha value is -1.71. The van der Waals surface area contributed by atoms with Crippen LogP contribution in [-0.2, 0) is 28.6 Å². The molecule has 0 saturated heterocycles. The van der Waals surface area contributed by atoms with Crippen molar-refractivity contribution in [3.05, 3.63) is 0 Å². The second-order valence-electron chi connectivity index (χ2n) is 18.4. The van der Waals surface area contributed by atoms with Gasteiger partial charge in [-0.3, -0.25) is 14.4 Å². The highest BCUT2D eigenvalue weighted by atomic mass is 16.8. The second-order valence-corrected chi connectivity index (χ2v) is 18.4. The van der Waals surface area contributed by atoms with Gasteiger partial charge in [-0.15, -0.1) is 0 Å². The smallest absolute Gasteiger partial charge is 0.376 e. The summed E-state index contributed by atoms with van der Waals surface area (Å²) in [5.41, 5.74) is 0. The molecular weight excluding hydrogens is 769 g/mol. The second kappa shape index (κ2) is 42.3. The Kier molecular flexibility index (Phi) is 41.1. The van der Waals surface area contributed by atoms with Gasteiger partial charge >= 0.3 is 29.7 Å². The predicted molar refractivity (Wildman–Crippen MR) is 251 cm³/mol. The number of ether oxygens (including phenoxy) is 3. The molecule has 0 aromatic carbocycles. The van der Waals surface area contributed by atoms with E-state index in [9.17, 15) is 29.7 Å². The molecule has 0 spiro atoms. The molecule has 362 valence electrons. The molecule has 0 aliphatic rings. The highest BCUT2D eigenvalue weighted by Gasteiger charge is 2.63. The Morgan fingerprint density at radius 2 is 0.541 bits per heavy atom. The average Bonchev–Trinajstić information content (AvgIpc) is 3.22. The third kappa shape index (κ3) is 35.3. The normalized spacial score (nSPS) is 12.4. The molecule has 0 aromatic rings. The zero-order chi connectivity index (χ0) is 45.1. The number of aliphatic hydroxyl groups is 3. The average molecular weight is 869 g/mol. The number of rotatable bonds is 47. The molecule has 9 heteroatoms. The van der Waals surface area contributed by atoms with Gasteiger partial charge in [-0.05, 0) is 26.2 Å². The van der Waals surface area contributed by atoms with E-state index in [-0.39, 0.29) is 19.3 Å². The molecule has 0 aliphatic carbocycles. The van der Waals surface area contributed by atoms with E-state index in [1.807, 2.05) is 0 Å². The number of carbonyl (C=O) groups excluding carboxylic acids is 3. The van der Waals surface area contributed by atoms with E-state index in [1.165, 1.54) is 167 Å². The summed E-state index contributed by atoms with van der Waals surface area (Å²) >= 11 is 0. The van der Waals surface area contributed by atoms with Crippen molar-refractivity contribution in [1.82, 2.24) is 0 Å². The molecule has 9 nitrogen and oxygen atoms in total. The minimum atomic E-state index is -3.82. The highest BCUT2D eigenvalue weighted by molar-refractivity contribution is 5.73. The van der Waals surface area contributed by atoms with Crippen molar-refractivity contribution < 1.29 is 43.9 Å². The molecule has 0 heterocycles. The first kappa shape index (κ1) is 59.3. The Morgan fingerprint density at radius 3 is 0.754 bits per heavy atom. The molecule has 3 N–H and O–H groups in total. The van der Waals surface area contributed by atoms with Crippen LogP contribution in [0.2, 0.25) is 0 Å². The summed E-state index contributed by atoms with van der Waals surface area (Å²) in [5, 5.41) is 31.9. The molecule has 0 rings (SSSR count). The predicted octanol–water partition coefficient (Wildman–Crippen LogP) is 14.8. The zero-order valence-electron chi connectivity index (χ0n) is 40.6. The van der Waals surface area contributed by atoms with E-state index in [0.29, 0.717) is 19.3 Å². The monoisotopic (exact) mass is 869 g/mol. The third-order valence-electron chi connectivity index (χ3n) is 12.3. The van der Waals surface area contributed by atoms with Crippen LogP contribution in [0.5, 0.6) is 0 Å². The Balaban J connectivity index is 4.99. The molecule has 0 fully saturated rings. The number of carbonyl (C=O) groups is 3. The molecule has 1 atom stereocenters. The van der Waals surface area contributed by atoms with Crippen LogP contribution >= 0.6 is 0 Å². The van der Waals surface area contributed by atoms with Crippen LogP contribution in [0.4, 0.5) is 0 Å². The van der Waals surface area contributed by atoms with Crippen molar-refractivity contribution in [3.63, 3.8) is 0 Å². The van der Waals surface area contributed by atoms with E-state index in [1.54, 1.807) is 0 Å². The first-order valence-corrected chi connectivity index (χ1v) is 26.3. The molecule has 0 amide bonds. The largest absolute Gasteiger partial charge is 0.454 e. The molecule has 0 radical (unpaired) electrons. The van der Waals surface area contributed by atoms with Gasteiger partial charge in [0.25, 0.3) is 0 Å². The zero-order valence-corrected chi connectivity index (χ0v) is 40.6. The van der Waals surface area contributed by atoms with Crippen molar-refractivity contribution in [2.24, 2.45) is 0 Å². The molecule has 1 unspecified atom stereocenters. The first-order valence-electron chi connectivity index (χ1n) is 26.3. The van der Waals surface area contributed by atoms with Gasteiger partial charge in [0.05, 0.1) is 0 Å². The van der Waals surface area contributed by atoms with E-state index >= 15 is 0 Å². The quantitative estimate of drug-likeness (QED) is 0.0310. The van der Waals surface area contributed by atoms with Gasteiger partial charge in [-0.25, -0.2) is 0 Å². The van der Waals surface area contributed by atoms with Gasteiger partial charge in [0, 0.05) is 19.3 Å². The standard InChI is InChI=1S/C52H100O9/c1-5-8-11-14-17-20-23-26-29-32-35-38-41-44-48(53)59-47(4)51(52(56,57)58,60-49(54)45-42-39-36-33-30-27-24-21-18-15-12-9-6-2)61-50(55)46-43-40-37-34-31-28-25-22-19-16-13-10-7-3/h47,56-58H,5-46H2,1-4H3. The van der Waals surface area contributed by atoms with E-state index < -0.39 is 35.8 Å². The van der Waals surface area contributed by atoms with Crippen molar-refractivity contribution in [1.29, 1.82) is 0 Å². The number of esters is 3. The summed E-state index contributed by atoms with van der Waals surface area (Å²) in [5.74, 6) is -9.28. The van der Waals surface area contributed by atoms with Gasteiger partial charge in [-0.1, -0.05) is 252 Å². The van der Waals surface area contributed by atoms with Crippen LogP contribution < -0.4 is 0 Å². The maximum atomic E-state index is 13.2. The molecule has 0 saturated carbocycles. The summed E-state index contributed by atoms with van der Waals surface area (Å²) in [6, 6.07) is 0. The molecular formula is C52H100O9. The SMILES string of the molecule is CCCCCCCCCCCCCCCC(=O)OC(C)C(OC(=O)CCCCCCCCCCCCCCC)(OC(=O)CCCCCCCCCCCCCCC)C(O)(O)O. The van der Waals surface area contributed by atoms with Crippen molar-refractivity contribution in [2.75, 3.05) is 0 Å². The summed E-state index contributed by atoms with van der Waals surface area (Å²) < 4.78 is 16.5. The third-order valence-corrected chi connectivity index (χ3v) is 12.3. The molecule has 0 aromatic heterocycles. The first-order chi connectivity index (χ1) is 29.5. The number of hydrogen-bond acceptors (Lipinski definition) is 9. The number of hydrogen-bond donors (Lipinski definition) is 3. The topological polar surface area (TPSA) is 140 Å². The minimum absolute atomic E-state index is 0.0628. The summed E-state index contributed by atoms with van der Waals surface area (Å²) in [6.45, 7) is 7.96. The fourth-order valence-corrected chi connectivity index (χ4v) is 8.23. The van der Waals surface area contributed by atoms with E-state index in [0.717, 1.165) is 70.6 Å². The van der Waals surface area contributed by atoms with Crippen LogP contribution in [0.15, 0.2) is 0 Å². The van der Waals surface area contributed by atoms with Gasteiger partial charge in [-0.2, -0.15) is 0 Å². The van der Waals surface area contributed by atoms with Gasteiger partial charge in [0.15, 0.2) is 6.10 Å². The molecule has 0 aliphatic heterocycles. The van der Waals surface area contributed by atoms with E-state index in [4.69, 9.17) is 14.2 Å². The van der Waals surface area contributed by atoms with Crippen LogP contribution in [-0.4, -0.2) is 51.1 Å². The fraction of sp³-hybridized carbons (Fsp3) is 0.942.